The molecule has 92 valence electrons. The van der Waals surface area contributed by atoms with Crippen LogP contribution in [0.4, 0.5) is 0 Å². The molecule has 0 radical (unpaired) electrons. The highest BCUT2D eigenvalue weighted by Gasteiger charge is 2.19. The molecule has 0 bridgehead atoms. The van der Waals surface area contributed by atoms with Gasteiger partial charge in [0.2, 0.25) is 0 Å². The Kier molecular flexibility index (Phi) is 10.4. The maximum absolute atomic E-state index is 5.78. The van der Waals surface area contributed by atoms with Crippen molar-refractivity contribution in [3.8, 4) is 0 Å². The Balaban J connectivity index is 4.02. The van der Waals surface area contributed by atoms with Crippen LogP contribution < -0.4 is 0 Å². The minimum Gasteiger partial charge on any atom is -0.352 e. The third-order valence-corrected chi connectivity index (χ3v) is 2.54. The molecule has 0 saturated carbocycles. The van der Waals surface area contributed by atoms with Crippen LogP contribution in [0.5, 0.6) is 0 Å². The first kappa shape index (κ1) is 14.9. The SMILES string of the molecule is CCCOC(OCCC)C(CC)CCC. The van der Waals surface area contributed by atoms with E-state index in [-0.39, 0.29) is 6.29 Å². The highest BCUT2D eigenvalue weighted by molar-refractivity contribution is 4.61. The second-order valence-corrected chi connectivity index (χ2v) is 4.07. The van der Waals surface area contributed by atoms with Crippen LogP contribution in [0.25, 0.3) is 0 Å². The van der Waals surface area contributed by atoms with Crippen molar-refractivity contribution in [1.82, 2.24) is 0 Å². The van der Waals surface area contributed by atoms with E-state index in [2.05, 4.69) is 27.7 Å². The van der Waals surface area contributed by atoms with Crippen molar-refractivity contribution < 1.29 is 9.47 Å². The topological polar surface area (TPSA) is 18.5 Å². The number of ether oxygens (including phenoxy) is 2. The fourth-order valence-electron chi connectivity index (χ4n) is 1.69. The molecule has 0 spiro atoms. The quantitative estimate of drug-likeness (QED) is 0.514. The summed E-state index contributed by atoms with van der Waals surface area (Å²) in [6, 6.07) is 0. The summed E-state index contributed by atoms with van der Waals surface area (Å²) in [5, 5.41) is 0. The molecule has 15 heavy (non-hydrogen) atoms. The normalized spacial score (nSPS) is 13.4. The van der Waals surface area contributed by atoms with Crippen LogP contribution in [0.15, 0.2) is 0 Å². The van der Waals surface area contributed by atoms with Gasteiger partial charge in [-0.05, 0) is 25.7 Å². The summed E-state index contributed by atoms with van der Waals surface area (Å²) in [5.41, 5.74) is 0. The fourth-order valence-corrected chi connectivity index (χ4v) is 1.69. The zero-order valence-electron chi connectivity index (χ0n) is 10.9. The summed E-state index contributed by atoms with van der Waals surface area (Å²) in [4.78, 5) is 0. The van der Waals surface area contributed by atoms with Gasteiger partial charge in [0.05, 0.1) is 0 Å². The third kappa shape index (κ3) is 6.91. The Morgan fingerprint density at radius 3 is 1.67 bits per heavy atom. The minimum absolute atomic E-state index is 0.0230. The largest absolute Gasteiger partial charge is 0.352 e. The van der Waals surface area contributed by atoms with Gasteiger partial charge in [-0.25, -0.2) is 0 Å². The van der Waals surface area contributed by atoms with Crippen LogP contribution in [0.2, 0.25) is 0 Å². The van der Waals surface area contributed by atoms with Crippen LogP contribution >= 0.6 is 0 Å². The molecule has 0 saturated heterocycles. The molecule has 0 heterocycles. The molecule has 1 unspecified atom stereocenters. The molecule has 2 nitrogen and oxygen atoms in total. The highest BCUT2D eigenvalue weighted by Crippen LogP contribution is 2.20. The van der Waals surface area contributed by atoms with E-state index >= 15 is 0 Å². The second-order valence-electron chi connectivity index (χ2n) is 4.07. The van der Waals surface area contributed by atoms with Crippen LogP contribution in [0.1, 0.15) is 59.8 Å². The molecule has 0 N–H and O–H groups in total. The standard InChI is InChI=1S/C13H28O2/c1-5-9-12(8-4)13(14-10-6-2)15-11-7-3/h12-13H,5-11H2,1-4H3. The van der Waals surface area contributed by atoms with Crippen LogP contribution in [-0.2, 0) is 9.47 Å². The molecule has 0 aliphatic carbocycles. The Hall–Kier alpha value is -0.0800. The first-order valence-electron chi connectivity index (χ1n) is 6.53. The predicted octanol–water partition coefficient (Wildman–Crippen LogP) is 3.99. The third-order valence-electron chi connectivity index (χ3n) is 2.54. The Labute approximate surface area is 95.3 Å². The molecule has 2 heteroatoms. The molecule has 1 atom stereocenters. The van der Waals surface area contributed by atoms with E-state index in [1.807, 2.05) is 0 Å². The van der Waals surface area contributed by atoms with Crippen LogP contribution in [-0.4, -0.2) is 19.5 Å². The highest BCUT2D eigenvalue weighted by atomic mass is 16.7. The van der Waals surface area contributed by atoms with Gasteiger partial charge in [-0.3, -0.25) is 0 Å². The summed E-state index contributed by atoms with van der Waals surface area (Å²) >= 11 is 0. The van der Waals surface area contributed by atoms with Gasteiger partial charge in [0.15, 0.2) is 6.29 Å². The molecular formula is C13H28O2. The van der Waals surface area contributed by atoms with Crippen molar-refractivity contribution >= 4 is 0 Å². The summed E-state index contributed by atoms with van der Waals surface area (Å²) < 4.78 is 11.6. The van der Waals surface area contributed by atoms with Gasteiger partial charge in [-0.1, -0.05) is 34.1 Å². The molecule has 0 rings (SSSR count). The molecule has 0 fully saturated rings. The van der Waals surface area contributed by atoms with Gasteiger partial charge < -0.3 is 9.47 Å². The molecule has 0 aromatic heterocycles. The molecule has 0 amide bonds. The van der Waals surface area contributed by atoms with Gasteiger partial charge >= 0.3 is 0 Å². The van der Waals surface area contributed by atoms with Crippen molar-refractivity contribution in [3.05, 3.63) is 0 Å². The lowest BCUT2D eigenvalue weighted by molar-refractivity contribution is -0.174. The monoisotopic (exact) mass is 216 g/mol. The fraction of sp³-hybridized carbons (Fsp3) is 1.00. The summed E-state index contributed by atoms with van der Waals surface area (Å²) in [6.45, 7) is 10.3. The molecule has 0 aromatic rings. The number of hydrogen-bond acceptors (Lipinski definition) is 2. The van der Waals surface area contributed by atoms with Crippen molar-refractivity contribution in [1.29, 1.82) is 0 Å². The van der Waals surface area contributed by atoms with E-state index in [1.54, 1.807) is 0 Å². The lowest BCUT2D eigenvalue weighted by Crippen LogP contribution is -2.27. The average molecular weight is 216 g/mol. The Morgan fingerprint density at radius 1 is 0.800 bits per heavy atom. The van der Waals surface area contributed by atoms with Crippen LogP contribution in [0, 0.1) is 5.92 Å². The zero-order chi connectivity index (χ0) is 11.5. The van der Waals surface area contributed by atoms with E-state index in [9.17, 15) is 0 Å². The van der Waals surface area contributed by atoms with Gasteiger partial charge in [-0.15, -0.1) is 0 Å². The van der Waals surface area contributed by atoms with E-state index < -0.39 is 0 Å². The lowest BCUT2D eigenvalue weighted by Gasteiger charge is -2.26. The maximum atomic E-state index is 5.78. The van der Waals surface area contributed by atoms with Crippen molar-refractivity contribution in [2.75, 3.05) is 13.2 Å². The predicted molar refractivity (Wildman–Crippen MR) is 65.0 cm³/mol. The van der Waals surface area contributed by atoms with Gasteiger partial charge in [0.25, 0.3) is 0 Å². The first-order valence-corrected chi connectivity index (χ1v) is 6.53. The van der Waals surface area contributed by atoms with Gasteiger partial charge in [0.1, 0.15) is 0 Å². The van der Waals surface area contributed by atoms with Gasteiger partial charge in [-0.2, -0.15) is 0 Å². The van der Waals surface area contributed by atoms with E-state index in [0.29, 0.717) is 5.92 Å². The average Bonchev–Trinajstić information content (AvgIpc) is 2.27. The van der Waals surface area contributed by atoms with Crippen molar-refractivity contribution in [2.45, 2.75) is 66.1 Å². The first-order chi connectivity index (χ1) is 7.29. The Bertz CT molecular complexity index is 118. The van der Waals surface area contributed by atoms with Crippen molar-refractivity contribution in [2.24, 2.45) is 5.92 Å². The van der Waals surface area contributed by atoms with E-state index in [0.717, 1.165) is 32.5 Å². The lowest BCUT2D eigenvalue weighted by atomic mass is 10.00. The summed E-state index contributed by atoms with van der Waals surface area (Å²) in [5.74, 6) is 0.563. The van der Waals surface area contributed by atoms with Crippen LogP contribution in [0.3, 0.4) is 0 Å². The molecular weight excluding hydrogens is 188 g/mol. The smallest absolute Gasteiger partial charge is 0.160 e. The molecule has 0 aliphatic rings. The minimum atomic E-state index is 0.0230. The molecule has 0 aliphatic heterocycles. The van der Waals surface area contributed by atoms with E-state index in [4.69, 9.17) is 9.47 Å². The summed E-state index contributed by atoms with van der Waals surface area (Å²) in [6.07, 6.45) is 5.71. The van der Waals surface area contributed by atoms with Crippen molar-refractivity contribution in [3.63, 3.8) is 0 Å². The number of rotatable bonds is 10. The second kappa shape index (κ2) is 10.4. The molecule has 0 aromatic carbocycles. The van der Waals surface area contributed by atoms with Gasteiger partial charge in [0, 0.05) is 19.1 Å². The summed E-state index contributed by atoms with van der Waals surface area (Å²) in [7, 11) is 0. The maximum Gasteiger partial charge on any atom is 0.160 e. The Morgan fingerprint density at radius 2 is 1.33 bits per heavy atom. The number of hydrogen-bond donors (Lipinski definition) is 0. The van der Waals surface area contributed by atoms with E-state index in [1.165, 1.54) is 12.8 Å². The zero-order valence-corrected chi connectivity index (χ0v) is 10.9.